The Balaban J connectivity index is 1.69. The van der Waals surface area contributed by atoms with E-state index in [1.165, 1.54) is 43.3 Å². The highest BCUT2D eigenvalue weighted by Crippen LogP contribution is 2.31. The minimum absolute atomic E-state index is 0.254. The average Bonchev–Trinajstić information content (AvgIpc) is 2.75. The molecule has 0 aliphatic carbocycles. The van der Waals surface area contributed by atoms with E-state index in [9.17, 15) is 9.18 Å². The number of hydrogen-bond donors (Lipinski definition) is 1. The molecule has 1 fully saturated rings. The molecule has 1 aliphatic heterocycles. The Hall–Kier alpha value is -3.15. The van der Waals surface area contributed by atoms with E-state index < -0.39 is 5.97 Å². The van der Waals surface area contributed by atoms with Gasteiger partial charge in [-0.15, -0.1) is 0 Å². The predicted octanol–water partition coefficient (Wildman–Crippen LogP) is 5.28. The number of carbonyl (C=O) groups is 1. The SMILES string of the molecule is CCOC(=O)c1cnc2ccc(F)cc2c1Nc1ccc(N2CCCCC2)cc1. The highest BCUT2D eigenvalue weighted by atomic mass is 19.1. The number of aromatic nitrogens is 1. The molecule has 2 heterocycles. The molecule has 0 unspecified atom stereocenters. The quantitative estimate of drug-likeness (QED) is 0.598. The largest absolute Gasteiger partial charge is 0.462 e. The van der Waals surface area contributed by atoms with Crippen LogP contribution in [0.5, 0.6) is 0 Å². The summed E-state index contributed by atoms with van der Waals surface area (Å²) in [4.78, 5) is 19.1. The van der Waals surface area contributed by atoms with E-state index in [1.54, 1.807) is 13.0 Å². The number of pyridine rings is 1. The lowest BCUT2D eigenvalue weighted by Gasteiger charge is -2.29. The normalized spacial score (nSPS) is 14.1. The summed E-state index contributed by atoms with van der Waals surface area (Å²) in [5, 5.41) is 3.82. The first-order valence-corrected chi connectivity index (χ1v) is 10.0. The van der Waals surface area contributed by atoms with E-state index in [2.05, 4.69) is 27.3 Å². The maximum atomic E-state index is 13.9. The van der Waals surface area contributed by atoms with Gasteiger partial charge in [-0.3, -0.25) is 4.98 Å². The number of hydrogen-bond acceptors (Lipinski definition) is 5. The Morgan fingerprint density at radius 1 is 1.14 bits per heavy atom. The van der Waals surface area contributed by atoms with Crippen LogP contribution in [0.25, 0.3) is 10.9 Å². The Kier molecular flexibility index (Phi) is 5.60. The minimum atomic E-state index is -0.487. The first kappa shape index (κ1) is 19.2. The van der Waals surface area contributed by atoms with Gasteiger partial charge < -0.3 is 15.0 Å². The molecule has 1 aliphatic rings. The van der Waals surface area contributed by atoms with Crippen LogP contribution in [-0.2, 0) is 4.74 Å². The molecule has 5 nitrogen and oxygen atoms in total. The van der Waals surface area contributed by atoms with E-state index >= 15 is 0 Å². The van der Waals surface area contributed by atoms with Crippen molar-refractivity contribution in [1.82, 2.24) is 4.98 Å². The lowest BCUT2D eigenvalue weighted by atomic mass is 10.1. The number of benzene rings is 2. The lowest BCUT2D eigenvalue weighted by molar-refractivity contribution is 0.0527. The van der Waals surface area contributed by atoms with E-state index in [1.807, 2.05) is 12.1 Å². The molecule has 1 N–H and O–H groups in total. The van der Waals surface area contributed by atoms with E-state index in [-0.39, 0.29) is 18.0 Å². The second-order valence-corrected chi connectivity index (χ2v) is 7.15. The van der Waals surface area contributed by atoms with Crippen LogP contribution in [0.3, 0.4) is 0 Å². The lowest BCUT2D eigenvalue weighted by Crippen LogP contribution is -2.29. The van der Waals surface area contributed by atoms with Crippen molar-refractivity contribution >= 4 is 33.9 Å². The maximum Gasteiger partial charge on any atom is 0.341 e. The summed E-state index contributed by atoms with van der Waals surface area (Å²) < 4.78 is 19.1. The van der Waals surface area contributed by atoms with Gasteiger partial charge in [0.25, 0.3) is 0 Å². The zero-order chi connectivity index (χ0) is 20.2. The fraction of sp³-hybridized carbons (Fsp3) is 0.304. The van der Waals surface area contributed by atoms with E-state index in [0.29, 0.717) is 16.6 Å². The number of nitrogens with zero attached hydrogens (tertiary/aromatic N) is 2. The van der Waals surface area contributed by atoms with Crippen LogP contribution >= 0.6 is 0 Å². The van der Waals surface area contributed by atoms with Gasteiger partial charge in [0.2, 0.25) is 0 Å². The van der Waals surface area contributed by atoms with Crippen LogP contribution in [0.4, 0.5) is 21.5 Å². The van der Waals surface area contributed by atoms with Crippen LogP contribution in [0, 0.1) is 5.82 Å². The molecule has 0 atom stereocenters. The highest BCUT2D eigenvalue weighted by Gasteiger charge is 2.18. The highest BCUT2D eigenvalue weighted by molar-refractivity contribution is 6.06. The Morgan fingerprint density at radius 3 is 2.62 bits per heavy atom. The van der Waals surface area contributed by atoms with Gasteiger partial charge in [-0.1, -0.05) is 0 Å². The topological polar surface area (TPSA) is 54.5 Å². The van der Waals surface area contributed by atoms with Gasteiger partial charge in [0.15, 0.2) is 0 Å². The van der Waals surface area contributed by atoms with E-state index in [4.69, 9.17) is 4.74 Å². The second-order valence-electron chi connectivity index (χ2n) is 7.15. The van der Waals surface area contributed by atoms with Crippen LogP contribution in [0.15, 0.2) is 48.7 Å². The van der Waals surface area contributed by atoms with Gasteiger partial charge in [0.05, 0.1) is 17.8 Å². The molecule has 150 valence electrons. The van der Waals surface area contributed by atoms with Crippen molar-refractivity contribution in [2.75, 3.05) is 29.9 Å². The summed E-state index contributed by atoms with van der Waals surface area (Å²) >= 11 is 0. The number of ether oxygens (including phenoxy) is 1. The number of fused-ring (bicyclic) bond motifs is 1. The monoisotopic (exact) mass is 393 g/mol. The van der Waals surface area contributed by atoms with Crippen LogP contribution in [0.2, 0.25) is 0 Å². The fourth-order valence-corrected chi connectivity index (χ4v) is 3.72. The molecule has 6 heteroatoms. The summed E-state index contributed by atoms with van der Waals surface area (Å²) in [7, 11) is 0. The second kappa shape index (κ2) is 8.47. The number of anilines is 3. The van der Waals surface area contributed by atoms with Gasteiger partial charge in [-0.25, -0.2) is 9.18 Å². The molecule has 3 aromatic rings. The third-order valence-electron chi connectivity index (χ3n) is 5.18. The van der Waals surface area contributed by atoms with Gasteiger partial charge in [0.1, 0.15) is 11.4 Å². The first-order chi connectivity index (χ1) is 14.2. The van der Waals surface area contributed by atoms with Crippen LogP contribution in [0.1, 0.15) is 36.5 Å². The van der Waals surface area contributed by atoms with Crippen molar-refractivity contribution in [2.24, 2.45) is 0 Å². The number of carbonyl (C=O) groups excluding carboxylic acids is 1. The van der Waals surface area contributed by atoms with Crippen molar-refractivity contribution < 1.29 is 13.9 Å². The van der Waals surface area contributed by atoms with Gasteiger partial charge in [-0.05, 0) is 68.7 Å². The zero-order valence-corrected chi connectivity index (χ0v) is 16.5. The summed E-state index contributed by atoms with van der Waals surface area (Å²) in [6.45, 7) is 4.16. The summed E-state index contributed by atoms with van der Waals surface area (Å²) in [5.41, 5.74) is 3.38. The molecular weight excluding hydrogens is 369 g/mol. The van der Waals surface area contributed by atoms with Crippen molar-refractivity contribution in [3.8, 4) is 0 Å². The number of piperidine rings is 1. The van der Waals surface area contributed by atoms with Crippen molar-refractivity contribution in [3.63, 3.8) is 0 Å². The smallest absolute Gasteiger partial charge is 0.341 e. The van der Waals surface area contributed by atoms with Gasteiger partial charge >= 0.3 is 5.97 Å². The fourth-order valence-electron chi connectivity index (χ4n) is 3.72. The molecule has 0 amide bonds. The zero-order valence-electron chi connectivity index (χ0n) is 16.5. The predicted molar refractivity (Wildman–Crippen MR) is 113 cm³/mol. The summed E-state index contributed by atoms with van der Waals surface area (Å²) in [6.07, 6.45) is 5.20. The molecule has 4 rings (SSSR count). The van der Waals surface area contributed by atoms with Crippen molar-refractivity contribution in [1.29, 1.82) is 0 Å². The summed E-state index contributed by atoms with van der Waals surface area (Å²) in [6, 6.07) is 12.4. The third-order valence-corrected chi connectivity index (χ3v) is 5.18. The van der Waals surface area contributed by atoms with E-state index in [0.717, 1.165) is 18.8 Å². The molecular formula is C23H24FN3O2. The maximum absolute atomic E-state index is 13.9. The van der Waals surface area contributed by atoms with Crippen LogP contribution < -0.4 is 10.2 Å². The standard InChI is InChI=1S/C23H24FN3O2/c1-2-29-23(28)20-15-25-21-11-6-16(24)14-19(21)22(20)26-17-7-9-18(10-8-17)27-12-4-3-5-13-27/h6-11,14-15H,2-5,12-13H2,1H3,(H,25,26). The van der Waals surface area contributed by atoms with Gasteiger partial charge in [-0.2, -0.15) is 0 Å². The first-order valence-electron chi connectivity index (χ1n) is 10.0. The molecule has 0 spiro atoms. The minimum Gasteiger partial charge on any atom is -0.462 e. The number of halogens is 1. The number of rotatable bonds is 5. The molecule has 2 aromatic carbocycles. The Labute approximate surface area is 169 Å². The van der Waals surface area contributed by atoms with Crippen molar-refractivity contribution in [3.05, 3.63) is 60.0 Å². The molecule has 1 aromatic heterocycles. The molecule has 0 radical (unpaired) electrons. The average molecular weight is 393 g/mol. The van der Waals surface area contributed by atoms with Crippen molar-refractivity contribution in [2.45, 2.75) is 26.2 Å². The van der Waals surface area contributed by atoms with Crippen LogP contribution in [-0.4, -0.2) is 30.6 Å². The third kappa shape index (κ3) is 4.16. The summed E-state index contributed by atoms with van der Waals surface area (Å²) in [5.74, 6) is -0.873. The van der Waals surface area contributed by atoms with Gasteiger partial charge in [0, 0.05) is 36.0 Å². The molecule has 1 saturated heterocycles. The number of nitrogens with one attached hydrogen (secondary N) is 1. The molecule has 0 saturated carbocycles. The molecule has 29 heavy (non-hydrogen) atoms. The Bertz CT molecular complexity index is 1010. The number of esters is 1. The molecule has 0 bridgehead atoms. The Morgan fingerprint density at radius 2 is 1.90 bits per heavy atom.